The van der Waals surface area contributed by atoms with E-state index in [9.17, 15) is 4.79 Å². The second-order valence-corrected chi connectivity index (χ2v) is 3.19. The molecule has 2 N–H and O–H groups in total. The van der Waals surface area contributed by atoms with E-state index in [1.807, 2.05) is 13.8 Å². The van der Waals surface area contributed by atoms with Crippen molar-refractivity contribution in [2.75, 3.05) is 0 Å². The predicted molar refractivity (Wildman–Crippen MR) is 45.1 cm³/mol. The lowest BCUT2D eigenvalue weighted by atomic mass is 10.2. The van der Waals surface area contributed by atoms with Gasteiger partial charge in [0.2, 0.25) is 0 Å². The third-order valence-electron chi connectivity index (χ3n) is 1.72. The Kier molecular flexibility index (Phi) is 3.32. The maximum absolute atomic E-state index is 10.6. The Bertz CT molecular complexity index is 155. The summed E-state index contributed by atoms with van der Waals surface area (Å²) >= 11 is 0. The van der Waals surface area contributed by atoms with Gasteiger partial charge in [-0.1, -0.05) is 0 Å². The minimum absolute atomic E-state index is 0. The molecule has 0 aromatic carbocycles. The third kappa shape index (κ3) is 2.34. The van der Waals surface area contributed by atoms with Crippen LogP contribution in [0.2, 0.25) is 0 Å². The van der Waals surface area contributed by atoms with Crippen molar-refractivity contribution in [3.8, 4) is 0 Å². The molecule has 0 aromatic rings. The highest BCUT2D eigenvalue weighted by atomic mass is 35.5. The molecule has 0 aromatic heterocycles. The van der Waals surface area contributed by atoms with Crippen molar-refractivity contribution >= 4 is 18.4 Å². The Hall–Kier alpha value is -0.280. The topological polar surface area (TPSA) is 49.3 Å². The lowest BCUT2D eigenvalue weighted by molar-refractivity contribution is -0.140. The van der Waals surface area contributed by atoms with Crippen molar-refractivity contribution in [2.24, 2.45) is 0 Å². The smallest absolute Gasteiger partial charge is 0.323 e. The molecule has 0 unspecified atom stereocenters. The number of aliphatic carboxylic acids is 1. The van der Waals surface area contributed by atoms with Gasteiger partial charge >= 0.3 is 5.97 Å². The summed E-state index contributed by atoms with van der Waals surface area (Å²) in [5, 5.41) is 11.7. The van der Waals surface area contributed by atoms with E-state index in [1.165, 1.54) is 0 Å². The van der Waals surface area contributed by atoms with Crippen LogP contribution in [0.15, 0.2) is 0 Å². The van der Waals surface area contributed by atoms with Crippen molar-refractivity contribution in [1.29, 1.82) is 0 Å². The Labute approximate surface area is 72.6 Å². The molecular formula is C7H14ClNO2. The van der Waals surface area contributed by atoms with E-state index in [4.69, 9.17) is 5.11 Å². The molecule has 66 valence electrons. The van der Waals surface area contributed by atoms with Crippen LogP contribution in [0.1, 0.15) is 26.7 Å². The van der Waals surface area contributed by atoms with Gasteiger partial charge in [-0.2, -0.15) is 0 Å². The van der Waals surface area contributed by atoms with E-state index >= 15 is 0 Å². The fraction of sp³-hybridized carbons (Fsp3) is 0.857. The molecular weight excluding hydrogens is 166 g/mol. The van der Waals surface area contributed by atoms with Crippen molar-refractivity contribution in [3.63, 3.8) is 0 Å². The summed E-state index contributed by atoms with van der Waals surface area (Å²) < 4.78 is 0. The van der Waals surface area contributed by atoms with E-state index in [0.29, 0.717) is 0 Å². The van der Waals surface area contributed by atoms with Crippen LogP contribution in [-0.4, -0.2) is 22.7 Å². The first-order valence-corrected chi connectivity index (χ1v) is 3.58. The molecule has 4 heteroatoms. The highest BCUT2D eigenvalue weighted by molar-refractivity contribution is 5.85. The third-order valence-corrected chi connectivity index (χ3v) is 1.72. The molecule has 0 heterocycles. The number of rotatable bonds is 3. The largest absolute Gasteiger partial charge is 0.480 e. The van der Waals surface area contributed by atoms with E-state index in [0.717, 1.165) is 12.8 Å². The molecule has 0 atom stereocenters. The molecule has 1 aliphatic carbocycles. The first-order valence-electron chi connectivity index (χ1n) is 3.58. The van der Waals surface area contributed by atoms with E-state index in [2.05, 4.69) is 5.32 Å². The van der Waals surface area contributed by atoms with E-state index < -0.39 is 11.5 Å². The highest BCUT2D eigenvalue weighted by Crippen LogP contribution is 2.35. The minimum Gasteiger partial charge on any atom is -0.480 e. The molecule has 0 bridgehead atoms. The number of halogens is 1. The number of hydrogen-bond acceptors (Lipinski definition) is 2. The summed E-state index contributed by atoms with van der Waals surface area (Å²) in [5.41, 5.74) is -0.561. The fourth-order valence-electron chi connectivity index (χ4n) is 1.10. The zero-order valence-electron chi connectivity index (χ0n) is 6.76. The first-order chi connectivity index (χ1) is 4.57. The van der Waals surface area contributed by atoms with Gasteiger partial charge in [-0.05, 0) is 26.7 Å². The molecule has 0 amide bonds. The zero-order valence-corrected chi connectivity index (χ0v) is 7.57. The lowest BCUT2D eigenvalue weighted by Gasteiger charge is -2.14. The van der Waals surface area contributed by atoms with Crippen LogP contribution >= 0.6 is 12.4 Å². The molecule has 1 aliphatic rings. The average Bonchev–Trinajstić information content (AvgIpc) is 2.46. The van der Waals surface area contributed by atoms with Crippen LogP contribution in [0.3, 0.4) is 0 Å². The zero-order chi connectivity index (χ0) is 7.78. The number of hydrogen-bond donors (Lipinski definition) is 2. The van der Waals surface area contributed by atoms with E-state index in [1.54, 1.807) is 0 Å². The van der Waals surface area contributed by atoms with Crippen LogP contribution in [-0.2, 0) is 4.79 Å². The normalized spacial score (nSPS) is 19.2. The van der Waals surface area contributed by atoms with Crippen molar-refractivity contribution in [2.45, 2.75) is 38.3 Å². The van der Waals surface area contributed by atoms with Crippen LogP contribution < -0.4 is 5.32 Å². The summed E-state index contributed by atoms with van der Waals surface area (Å²) in [6.45, 7) is 3.92. The van der Waals surface area contributed by atoms with Gasteiger partial charge in [-0.3, -0.25) is 10.1 Å². The summed E-state index contributed by atoms with van der Waals surface area (Å²) in [5.74, 6) is -0.707. The molecule has 1 fully saturated rings. The van der Waals surface area contributed by atoms with Gasteiger partial charge in [0.25, 0.3) is 0 Å². The molecule has 1 rings (SSSR count). The summed E-state index contributed by atoms with van der Waals surface area (Å²) in [4.78, 5) is 10.6. The quantitative estimate of drug-likeness (QED) is 0.680. The number of carboxylic acids is 1. The Morgan fingerprint density at radius 3 is 2.09 bits per heavy atom. The second kappa shape index (κ2) is 3.41. The van der Waals surface area contributed by atoms with Crippen molar-refractivity contribution < 1.29 is 9.90 Å². The molecule has 0 aliphatic heterocycles. The van der Waals surface area contributed by atoms with Gasteiger partial charge in [0.15, 0.2) is 0 Å². The molecule has 1 saturated carbocycles. The van der Waals surface area contributed by atoms with Crippen LogP contribution in [0.25, 0.3) is 0 Å². The maximum Gasteiger partial charge on any atom is 0.323 e. The van der Waals surface area contributed by atoms with Crippen LogP contribution in [0, 0.1) is 0 Å². The Morgan fingerprint density at radius 1 is 1.55 bits per heavy atom. The summed E-state index contributed by atoms with van der Waals surface area (Å²) in [6, 6.07) is 0.263. The van der Waals surface area contributed by atoms with Gasteiger partial charge in [-0.25, -0.2) is 0 Å². The number of carbonyl (C=O) groups is 1. The molecule has 3 nitrogen and oxygen atoms in total. The van der Waals surface area contributed by atoms with Crippen molar-refractivity contribution in [1.82, 2.24) is 5.32 Å². The summed E-state index contributed by atoms with van der Waals surface area (Å²) in [6.07, 6.45) is 1.56. The van der Waals surface area contributed by atoms with Gasteiger partial charge in [-0.15, -0.1) is 12.4 Å². The number of nitrogens with one attached hydrogen (secondary N) is 1. The van der Waals surface area contributed by atoms with Crippen molar-refractivity contribution in [3.05, 3.63) is 0 Å². The van der Waals surface area contributed by atoms with Gasteiger partial charge in [0.1, 0.15) is 5.54 Å². The predicted octanol–water partition coefficient (Wildman–Crippen LogP) is 1.02. The molecule has 0 saturated heterocycles. The van der Waals surface area contributed by atoms with Gasteiger partial charge < -0.3 is 5.11 Å². The first kappa shape index (κ1) is 10.7. The standard InChI is InChI=1S/C7H13NO2.ClH/c1-5(2)8-7(3-4-7)6(9)10;/h5,8H,3-4H2,1-2H3,(H,9,10);1H. The Morgan fingerprint density at radius 2 is 2.00 bits per heavy atom. The fourth-order valence-corrected chi connectivity index (χ4v) is 1.10. The number of carboxylic acid groups (broad SMARTS) is 1. The molecule has 11 heavy (non-hydrogen) atoms. The van der Waals surface area contributed by atoms with E-state index in [-0.39, 0.29) is 18.4 Å². The van der Waals surface area contributed by atoms with Gasteiger partial charge in [0.05, 0.1) is 0 Å². The van der Waals surface area contributed by atoms with Crippen LogP contribution in [0.4, 0.5) is 0 Å². The SMILES string of the molecule is CC(C)NC1(C(=O)O)CC1.Cl. The van der Waals surface area contributed by atoms with Crippen LogP contribution in [0.5, 0.6) is 0 Å². The maximum atomic E-state index is 10.6. The lowest BCUT2D eigenvalue weighted by Crippen LogP contribution is -2.43. The Balaban J connectivity index is 0.000001000. The summed E-state index contributed by atoms with van der Waals surface area (Å²) in [7, 11) is 0. The second-order valence-electron chi connectivity index (χ2n) is 3.19. The highest BCUT2D eigenvalue weighted by Gasteiger charge is 2.50. The molecule has 0 spiro atoms. The monoisotopic (exact) mass is 179 g/mol. The molecule has 0 radical (unpaired) electrons. The van der Waals surface area contributed by atoms with Gasteiger partial charge in [0, 0.05) is 6.04 Å². The minimum atomic E-state index is -0.707. The average molecular weight is 180 g/mol.